The third kappa shape index (κ3) is 6.27. The number of ether oxygens (including phenoxy) is 1. The Labute approximate surface area is 149 Å². The van der Waals surface area contributed by atoms with Crippen molar-refractivity contribution in [2.24, 2.45) is 5.10 Å². The predicted molar refractivity (Wildman–Crippen MR) is 98.0 cm³/mol. The monoisotopic (exact) mass is 359 g/mol. The van der Waals surface area contributed by atoms with Crippen molar-refractivity contribution in [1.82, 2.24) is 5.43 Å². The first-order chi connectivity index (χ1) is 12.1. The van der Waals surface area contributed by atoms with Gasteiger partial charge < -0.3 is 4.74 Å². The minimum absolute atomic E-state index is 0.0103. The fraction of sp³-hybridized carbons (Fsp3) is 0.176. The van der Waals surface area contributed by atoms with Gasteiger partial charge in [-0.2, -0.15) is 5.10 Å². The molecule has 0 radical (unpaired) electrons. The molecule has 7 nitrogen and oxygen atoms in total. The molecular weight excluding hydrogens is 342 g/mol. The van der Waals surface area contributed by atoms with Crippen LogP contribution in [0, 0.1) is 10.1 Å². The minimum Gasteiger partial charge on any atom is -0.497 e. The molecule has 0 aromatic heterocycles. The van der Waals surface area contributed by atoms with Crippen LogP contribution in [0.5, 0.6) is 5.75 Å². The number of non-ortho nitro benzene ring substituents is 1. The van der Waals surface area contributed by atoms with Gasteiger partial charge in [0.2, 0.25) is 5.91 Å². The number of benzene rings is 2. The van der Waals surface area contributed by atoms with Gasteiger partial charge in [0.25, 0.3) is 5.69 Å². The highest BCUT2D eigenvalue weighted by Gasteiger charge is 2.03. The maximum absolute atomic E-state index is 11.7. The molecule has 0 bridgehead atoms. The Morgan fingerprint density at radius 3 is 2.52 bits per heavy atom. The minimum atomic E-state index is -0.470. The summed E-state index contributed by atoms with van der Waals surface area (Å²) in [6.45, 7) is 0. The number of amides is 1. The maximum atomic E-state index is 11.7. The lowest BCUT2D eigenvalue weighted by molar-refractivity contribution is -0.384. The van der Waals surface area contributed by atoms with Gasteiger partial charge in [-0.05, 0) is 35.4 Å². The third-order valence-electron chi connectivity index (χ3n) is 3.17. The van der Waals surface area contributed by atoms with Gasteiger partial charge in [0, 0.05) is 17.9 Å². The summed E-state index contributed by atoms with van der Waals surface area (Å²) in [4.78, 5) is 21.8. The molecule has 0 aliphatic carbocycles. The van der Waals surface area contributed by atoms with E-state index in [0.29, 0.717) is 11.3 Å². The zero-order valence-electron chi connectivity index (χ0n) is 13.5. The molecule has 2 rings (SSSR count). The van der Waals surface area contributed by atoms with Crippen LogP contribution < -0.4 is 10.2 Å². The van der Waals surface area contributed by atoms with Gasteiger partial charge in [0.05, 0.1) is 24.0 Å². The van der Waals surface area contributed by atoms with Gasteiger partial charge in [-0.25, -0.2) is 5.43 Å². The lowest BCUT2D eigenvalue weighted by Gasteiger charge is -2.03. The fourth-order valence-corrected chi connectivity index (χ4v) is 2.66. The van der Waals surface area contributed by atoms with Crippen molar-refractivity contribution in [3.8, 4) is 5.75 Å². The third-order valence-corrected chi connectivity index (χ3v) is 4.17. The van der Waals surface area contributed by atoms with E-state index in [9.17, 15) is 14.9 Å². The zero-order valence-corrected chi connectivity index (χ0v) is 14.4. The maximum Gasteiger partial charge on any atom is 0.269 e. The number of hydrazone groups is 1. The Kier molecular flexibility index (Phi) is 6.97. The van der Waals surface area contributed by atoms with E-state index in [1.807, 2.05) is 24.3 Å². The topological polar surface area (TPSA) is 93.8 Å². The largest absolute Gasteiger partial charge is 0.497 e. The van der Waals surface area contributed by atoms with Crippen LogP contribution in [-0.4, -0.2) is 29.9 Å². The summed E-state index contributed by atoms with van der Waals surface area (Å²) in [6, 6.07) is 13.6. The van der Waals surface area contributed by atoms with Crippen molar-refractivity contribution in [1.29, 1.82) is 0 Å². The zero-order chi connectivity index (χ0) is 18.1. The number of hydrogen-bond donors (Lipinski definition) is 1. The Morgan fingerprint density at radius 2 is 1.92 bits per heavy atom. The highest BCUT2D eigenvalue weighted by atomic mass is 32.2. The van der Waals surface area contributed by atoms with Crippen molar-refractivity contribution in [3.05, 3.63) is 69.8 Å². The van der Waals surface area contributed by atoms with E-state index in [1.54, 1.807) is 19.2 Å². The first-order valence-electron chi connectivity index (χ1n) is 7.35. The molecule has 0 unspecified atom stereocenters. The van der Waals surface area contributed by atoms with Gasteiger partial charge in [-0.1, -0.05) is 12.1 Å². The molecule has 0 saturated carbocycles. The SMILES string of the molecule is COc1ccc(CSCC(=O)N/N=C\c2ccc([N+](=O)[O-])cc2)cc1. The highest BCUT2D eigenvalue weighted by molar-refractivity contribution is 7.99. The van der Waals surface area contributed by atoms with Crippen molar-refractivity contribution in [2.75, 3.05) is 12.9 Å². The number of methoxy groups -OCH3 is 1. The number of carbonyl (C=O) groups is 1. The van der Waals surface area contributed by atoms with E-state index in [0.717, 1.165) is 11.3 Å². The average molecular weight is 359 g/mol. The Balaban J connectivity index is 1.71. The average Bonchev–Trinajstić information content (AvgIpc) is 2.63. The molecule has 0 saturated heterocycles. The van der Waals surface area contributed by atoms with Crippen LogP contribution in [0.3, 0.4) is 0 Å². The number of carbonyl (C=O) groups excluding carboxylic acids is 1. The van der Waals surface area contributed by atoms with Gasteiger partial charge in [-0.15, -0.1) is 11.8 Å². The second-order valence-electron chi connectivity index (χ2n) is 4.98. The van der Waals surface area contributed by atoms with E-state index in [4.69, 9.17) is 4.74 Å². The Hall–Kier alpha value is -2.87. The number of nitrogens with one attached hydrogen (secondary N) is 1. The van der Waals surface area contributed by atoms with Crippen LogP contribution in [0.1, 0.15) is 11.1 Å². The number of nitro groups is 1. The summed E-state index contributed by atoms with van der Waals surface area (Å²) in [5, 5.41) is 14.4. The van der Waals surface area contributed by atoms with Crippen LogP contribution >= 0.6 is 11.8 Å². The highest BCUT2D eigenvalue weighted by Crippen LogP contribution is 2.16. The van der Waals surface area contributed by atoms with E-state index < -0.39 is 4.92 Å². The molecule has 130 valence electrons. The summed E-state index contributed by atoms with van der Waals surface area (Å²) >= 11 is 1.48. The molecule has 0 aliphatic rings. The number of thioether (sulfide) groups is 1. The summed E-state index contributed by atoms with van der Waals surface area (Å²) in [7, 11) is 1.62. The van der Waals surface area contributed by atoms with Gasteiger partial charge >= 0.3 is 0 Å². The van der Waals surface area contributed by atoms with Gasteiger partial charge in [-0.3, -0.25) is 14.9 Å². The lowest BCUT2D eigenvalue weighted by atomic mass is 10.2. The molecule has 1 N–H and O–H groups in total. The molecule has 0 aliphatic heterocycles. The van der Waals surface area contributed by atoms with Crippen molar-refractivity contribution < 1.29 is 14.5 Å². The standard InChI is InChI=1S/C17H17N3O4S/c1-24-16-8-4-14(5-9-16)11-25-12-17(21)19-18-10-13-2-6-15(7-3-13)20(22)23/h2-10H,11-12H2,1H3,(H,19,21)/b18-10-. The Morgan fingerprint density at radius 1 is 1.24 bits per heavy atom. The van der Waals surface area contributed by atoms with Crippen LogP contribution in [0.25, 0.3) is 0 Å². The summed E-state index contributed by atoms with van der Waals surface area (Å²) in [5.74, 6) is 1.58. The molecule has 2 aromatic carbocycles. The van der Waals surface area contributed by atoms with E-state index in [2.05, 4.69) is 10.5 Å². The first kappa shape index (κ1) is 18.5. The number of nitrogens with zero attached hydrogens (tertiary/aromatic N) is 2. The van der Waals surface area contributed by atoms with Crippen LogP contribution in [-0.2, 0) is 10.5 Å². The molecule has 8 heteroatoms. The molecular formula is C17H17N3O4S. The van der Waals surface area contributed by atoms with Gasteiger partial charge in [0.15, 0.2) is 0 Å². The predicted octanol–water partition coefficient (Wildman–Crippen LogP) is 2.99. The molecule has 2 aromatic rings. The number of hydrogen-bond acceptors (Lipinski definition) is 6. The van der Waals surface area contributed by atoms with E-state index in [1.165, 1.54) is 30.1 Å². The van der Waals surface area contributed by atoms with Crippen molar-refractivity contribution in [3.63, 3.8) is 0 Å². The first-order valence-corrected chi connectivity index (χ1v) is 8.51. The fourth-order valence-electron chi connectivity index (χ4n) is 1.88. The summed E-state index contributed by atoms with van der Waals surface area (Å²) in [5.41, 5.74) is 4.21. The summed E-state index contributed by atoms with van der Waals surface area (Å²) < 4.78 is 5.09. The van der Waals surface area contributed by atoms with E-state index in [-0.39, 0.29) is 17.3 Å². The lowest BCUT2D eigenvalue weighted by Crippen LogP contribution is -2.19. The second kappa shape index (κ2) is 9.43. The number of nitro benzene ring substituents is 1. The van der Waals surface area contributed by atoms with E-state index >= 15 is 0 Å². The van der Waals surface area contributed by atoms with Crippen LogP contribution in [0.4, 0.5) is 5.69 Å². The molecule has 0 spiro atoms. The van der Waals surface area contributed by atoms with Crippen LogP contribution in [0.15, 0.2) is 53.6 Å². The van der Waals surface area contributed by atoms with Crippen molar-refractivity contribution >= 4 is 29.6 Å². The Bertz CT molecular complexity index is 745. The smallest absolute Gasteiger partial charge is 0.269 e. The molecule has 0 atom stereocenters. The van der Waals surface area contributed by atoms with Crippen LogP contribution in [0.2, 0.25) is 0 Å². The van der Waals surface area contributed by atoms with Crippen molar-refractivity contribution in [2.45, 2.75) is 5.75 Å². The number of rotatable bonds is 8. The molecule has 0 fully saturated rings. The van der Waals surface area contributed by atoms with Gasteiger partial charge in [0.1, 0.15) is 5.75 Å². The quantitative estimate of drug-likeness (QED) is 0.444. The molecule has 0 heterocycles. The molecule has 25 heavy (non-hydrogen) atoms. The normalized spacial score (nSPS) is 10.6. The summed E-state index contributed by atoms with van der Waals surface area (Å²) in [6.07, 6.45) is 1.44. The second-order valence-corrected chi connectivity index (χ2v) is 5.97. The molecule has 1 amide bonds.